The molecule has 2 amide bonds. The Bertz CT molecular complexity index is 1260. The van der Waals surface area contributed by atoms with Gasteiger partial charge in [-0.25, -0.2) is 23.8 Å². The van der Waals surface area contributed by atoms with Gasteiger partial charge in [-0.1, -0.05) is 12.1 Å². The first-order valence-corrected chi connectivity index (χ1v) is 11.1. The van der Waals surface area contributed by atoms with Gasteiger partial charge in [-0.3, -0.25) is 0 Å². The lowest BCUT2D eigenvalue weighted by Crippen LogP contribution is -2.20. The normalized spacial score (nSPS) is 14.7. The van der Waals surface area contributed by atoms with Crippen molar-refractivity contribution in [1.82, 2.24) is 14.8 Å². The van der Waals surface area contributed by atoms with E-state index in [1.165, 1.54) is 13.3 Å². The number of methoxy groups -OCH3 is 1. The number of ether oxygens (including phenoxy) is 2. The quantitative estimate of drug-likeness (QED) is 0.638. The molecule has 1 aliphatic heterocycles. The van der Waals surface area contributed by atoms with Crippen LogP contribution in [0.5, 0.6) is 11.8 Å². The Morgan fingerprint density at radius 1 is 1.35 bits per heavy atom. The first kappa shape index (κ1) is 20.8. The fourth-order valence-electron chi connectivity index (χ4n) is 3.26. The number of pyridine rings is 1. The minimum atomic E-state index is -3.55. The van der Waals surface area contributed by atoms with Gasteiger partial charge in [0.2, 0.25) is 11.8 Å². The fourth-order valence-corrected chi connectivity index (χ4v) is 4.26. The summed E-state index contributed by atoms with van der Waals surface area (Å²) in [6.07, 6.45) is 3.73. The molecule has 0 saturated carbocycles. The third-order valence-electron chi connectivity index (χ3n) is 4.72. The summed E-state index contributed by atoms with van der Waals surface area (Å²) in [6.45, 7) is 2.98. The molecule has 1 aliphatic rings. The van der Waals surface area contributed by atoms with Gasteiger partial charge in [0.15, 0.2) is 9.92 Å². The van der Waals surface area contributed by atoms with E-state index >= 15 is 0 Å². The highest BCUT2D eigenvalue weighted by Crippen LogP contribution is 2.31. The first-order chi connectivity index (χ1) is 14.9. The highest BCUT2D eigenvalue weighted by molar-refractivity contribution is 7.91. The van der Waals surface area contributed by atoms with Crippen molar-refractivity contribution in [3.8, 4) is 22.9 Å². The van der Waals surface area contributed by atoms with Gasteiger partial charge in [-0.15, -0.1) is 4.36 Å². The predicted molar refractivity (Wildman–Crippen MR) is 115 cm³/mol. The highest BCUT2D eigenvalue weighted by atomic mass is 32.2. The molecule has 1 aromatic carbocycles. The van der Waals surface area contributed by atoms with Crippen LogP contribution >= 0.6 is 0 Å². The molecule has 10 nitrogen and oxygen atoms in total. The number of fused-ring (bicyclic) bond motifs is 1. The molecule has 11 heteroatoms. The summed E-state index contributed by atoms with van der Waals surface area (Å²) in [5.41, 5.74) is 2.93. The summed E-state index contributed by atoms with van der Waals surface area (Å²) >= 11 is 0. The molecule has 3 heterocycles. The van der Waals surface area contributed by atoms with E-state index in [1.54, 1.807) is 29.1 Å². The highest BCUT2D eigenvalue weighted by Gasteiger charge is 2.24. The molecule has 162 valence electrons. The topological polar surface area (TPSA) is 134 Å². The minimum Gasteiger partial charge on any atom is -0.481 e. The Balaban J connectivity index is 1.66. The monoisotopic (exact) mass is 442 g/mol. The van der Waals surface area contributed by atoms with Crippen LogP contribution in [0.25, 0.3) is 11.1 Å². The molecule has 0 unspecified atom stereocenters. The molecule has 0 spiro atoms. The van der Waals surface area contributed by atoms with Crippen LogP contribution in [0, 0.1) is 6.92 Å². The van der Waals surface area contributed by atoms with Crippen LogP contribution in [0.1, 0.15) is 12.0 Å². The maximum atomic E-state index is 13.0. The number of hydrogen-bond donors (Lipinski definition) is 2. The molecule has 0 aliphatic carbocycles. The number of anilines is 1. The second-order valence-electron chi connectivity index (χ2n) is 6.97. The number of carbonyl (C=O) groups is 1. The number of nitrogens with two attached hydrogens (primary N) is 1. The second kappa shape index (κ2) is 8.36. The molecule has 0 saturated heterocycles. The van der Waals surface area contributed by atoms with Gasteiger partial charge >= 0.3 is 6.03 Å². The average molecular weight is 443 g/mol. The Morgan fingerprint density at radius 3 is 3.00 bits per heavy atom. The van der Waals surface area contributed by atoms with Crippen LogP contribution in [-0.2, 0) is 16.5 Å². The third-order valence-corrected chi connectivity index (χ3v) is 6.07. The lowest BCUT2D eigenvalue weighted by molar-refractivity contribution is 0.224. The zero-order valence-corrected chi connectivity index (χ0v) is 17.9. The molecule has 31 heavy (non-hydrogen) atoms. The van der Waals surface area contributed by atoms with Crippen molar-refractivity contribution in [2.45, 2.75) is 24.8 Å². The standard InChI is InChI=1S/C20H22N6O4S/c1-13-4-5-15(14-6-7-22-18(11-14)29-2)16(10-13)24-20(27)25-31(21,28)17-12-23-26-8-3-9-30-19(17)26/h4-7,10-12H,3,8-9H2,1-2H3,(H3,21,24,25,27,28)/t31-/m1/s1. The molecule has 2 aromatic heterocycles. The van der Waals surface area contributed by atoms with E-state index in [4.69, 9.17) is 14.6 Å². The summed E-state index contributed by atoms with van der Waals surface area (Å²) in [5, 5.41) is 12.7. The molecule has 0 radical (unpaired) electrons. The lowest BCUT2D eigenvalue weighted by atomic mass is 10.0. The summed E-state index contributed by atoms with van der Waals surface area (Å²) in [6, 6.07) is 8.27. The third kappa shape index (κ3) is 4.37. The smallest absolute Gasteiger partial charge is 0.354 e. The van der Waals surface area contributed by atoms with Crippen molar-refractivity contribution in [3.05, 3.63) is 48.3 Å². The summed E-state index contributed by atoms with van der Waals surface area (Å²) in [7, 11) is -2.02. The average Bonchev–Trinajstić information content (AvgIpc) is 3.19. The van der Waals surface area contributed by atoms with E-state index in [0.29, 0.717) is 24.7 Å². The number of amides is 2. The van der Waals surface area contributed by atoms with Crippen LogP contribution in [0.4, 0.5) is 10.5 Å². The Kier molecular flexibility index (Phi) is 5.61. The second-order valence-corrected chi connectivity index (χ2v) is 8.72. The molecular weight excluding hydrogens is 420 g/mol. The van der Waals surface area contributed by atoms with Gasteiger partial charge in [-0.05, 0) is 30.2 Å². The molecule has 0 fully saturated rings. The molecule has 4 rings (SSSR count). The van der Waals surface area contributed by atoms with Crippen LogP contribution in [0.15, 0.2) is 52.0 Å². The number of nitrogens with zero attached hydrogens (tertiary/aromatic N) is 4. The maximum absolute atomic E-state index is 13.0. The first-order valence-electron chi connectivity index (χ1n) is 9.53. The number of urea groups is 1. The lowest BCUT2D eigenvalue weighted by Gasteiger charge is -2.16. The Hall–Kier alpha value is -3.44. The van der Waals surface area contributed by atoms with Gasteiger partial charge in [0.1, 0.15) is 4.90 Å². The van der Waals surface area contributed by atoms with Gasteiger partial charge in [-0.2, -0.15) is 5.10 Å². The Labute approximate surface area is 179 Å². The van der Waals surface area contributed by atoms with Crippen molar-refractivity contribution in [3.63, 3.8) is 0 Å². The summed E-state index contributed by atoms with van der Waals surface area (Å²) in [5.74, 6) is 0.728. The molecule has 3 N–H and O–H groups in total. The van der Waals surface area contributed by atoms with E-state index < -0.39 is 15.9 Å². The molecular formula is C20H22N6O4S. The minimum absolute atomic E-state index is 0.102. The number of nitrogens with one attached hydrogen (secondary N) is 1. The van der Waals surface area contributed by atoms with Crippen LogP contribution < -0.4 is 19.9 Å². The van der Waals surface area contributed by atoms with Crippen molar-refractivity contribution in [2.75, 3.05) is 19.0 Å². The number of benzene rings is 1. The van der Waals surface area contributed by atoms with Crippen molar-refractivity contribution >= 4 is 21.6 Å². The summed E-state index contributed by atoms with van der Waals surface area (Å²) < 4.78 is 29.0. The van der Waals surface area contributed by atoms with Crippen LogP contribution in [-0.4, -0.2) is 38.7 Å². The van der Waals surface area contributed by atoms with E-state index in [1.807, 2.05) is 19.1 Å². The van der Waals surface area contributed by atoms with Crippen LogP contribution in [0.3, 0.4) is 0 Å². The van der Waals surface area contributed by atoms with Crippen LogP contribution in [0.2, 0.25) is 0 Å². The van der Waals surface area contributed by atoms with E-state index in [-0.39, 0.29) is 10.8 Å². The zero-order chi connectivity index (χ0) is 22.0. The van der Waals surface area contributed by atoms with Crippen molar-refractivity contribution in [1.29, 1.82) is 0 Å². The van der Waals surface area contributed by atoms with E-state index in [2.05, 4.69) is 19.8 Å². The molecule has 1 atom stereocenters. The summed E-state index contributed by atoms with van der Waals surface area (Å²) in [4.78, 5) is 16.9. The van der Waals surface area contributed by atoms with E-state index in [9.17, 15) is 9.00 Å². The number of hydrogen-bond acceptors (Lipinski definition) is 6. The SMILES string of the molecule is COc1cc(-c2ccc(C)cc2NC(=O)N=[S@@](N)(=O)c2cnn3c2OCCC3)ccn1. The Morgan fingerprint density at radius 2 is 2.19 bits per heavy atom. The predicted octanol–water partition coefficient (Wildman–Crippen LogP) is 2.98. The number of aryl methyl sites for hydroxylation is 2. The molecule has 3 aromatic rings. The van der Waals surface area contributed by atoms with Crippen molar-refractivity contribution < 1.29 is 18.5 Å². The van der Waals surface area contributed by atoms with Gasteiger partial charge in [0.25, 0.3) is 0 Å². The van der Waals surface area contributed by atoms with E-state index in [0.717, 1.165) is 23.1 Å². The van der Waals surface area contributed by atoms with Gasteiger partial charge in [0.05, 0.1) is 25.6 Å². The largest absolute Gasteiger partial charge is 0.481 e. The zero-order valence-electron chi connectivity index (χ0n) is 17.1. The van der Waals surface area contributed by atoms with Gasteiger partial charge in [0, 0.05) is 30.8 Å². The van der Waals surface area contributed by atoms with Crippen molar-refractivity contribution in [2.24, 2.45) is 9.50 Å². The number of rotatable bonds is 4. The fraction of sp³-hybridized carbons (Fsp3) is 0.250. The number of carbonyl (C=O) groups excluding carboxylic acids is 1. The molecule has 0 bridgehead atoms. The number of aromatic nitrogens is 3. The van der Waals surface area contributed by atoms with Gasteiger partial charge < -0.3 is 14.8 Å². The maximum Gasteiger partial charge on any atom is 0.354 e.